The molecule has 0 saturated carbocycles. The van der Waals surface area contributed by atoms with Crippen molar-refractivity contribution in [2.45, 2.75) is 39.8 Å². The molecule has 0 unspecified atom stereocenters. The molecular formula is C26H25F3O. The highest BCUT2D eigenvalue weighted by Gasteiger charge is 2.33. The minimum Gasteiger partial charge on any atom is -0.501 e. The smallest absolute Gasteiger partial charge is 0.417 e. The Bertz CT molecular complexity index is 1030. The van der Waals surface area contributed by atoms with Gasteiger partial charge in [0.25, 0.3) is 0 Å². The summed E-state index contributed by atoms with van der Waals surface area (Å²) >= 11 is 0. The summed E-state index contributed by atoms with van der Waals surface area (Å²) in [6, 6.07) is 8.92. The Morgan fingerprint density at radius 3 is 2.40 bits per heavy atom. The number of hydrogen-bond acceptors (Lipinski definition) is 1. The van der Waals surface area contributed by atoms with Gasteiger partial charge in [0.15, 0.2) is 5.76 Å². The predicted molar refractivity (Wildman–Crippen MR) is 118 cm³/mol. The van der Waals surface area contributed by atoms with E-state index in [2.05, 4.69) is 11.8 Å². The van der Waals surface area contributed by atoms with Crippen LogP contribution in [0.1, 0.15) is 48.9 Å². The lowest BCUT2D eigenvalue weighted by Gasteiger charge is -2.16. The van der Waals surface area contributed by atoms with Crippen molar-refractivity contribution in [2.24, 2.45) is 0 Å². The first kappa shape index (κ1) is 23.1. The Kier molecular flexibility index (Phi) is 8.12. The van der Waals surface area contributed by atoms with Crippen LogP contribution in [0.4, 0.5) is 13.2 Å². The standard InChI is InChI=1S/C26H25F3O/c1-4-6-7-8-12-22-19(3)23(18-16-20(22)15-17-21(30)11-5-2)24-13-9-10-14-25(24)26(27,28)29/h6-14,16,18,30H,4-5H2,1-3H3/b7-6+,12-8-,21-11+. The molecule has 0 saturated heterocycles. The summed E-state index contributed by atoms with van der Waals surface area (Å²) in [5.41, 5.74) is 2.02. The van der Waals surface area contributed by atoms with E-state index in [1.54, 1.807) is 31.2 Å². The molecule has 1 N–H and O–H groups in total. The Morgan fingerprint density at radius 1 is 1.00 bits per heavy atom. The molecule has 0 radical (unpaired) electrons. The van der Waals surface area contributed by atoms with Crippen molar-refractivity contribution in [3.05, 3.63) is 88.7 Å². The fourth-order valence-electron chi connectivity index (χ4n) is 3.05. The molecule has 0 aromatic heterocycles. The van der Waals surface area contributed by atoms with Crippen molar-refractivity contribution in [1.82, 2.24) is 0 Å². The van der Waals surface area contributed by atoms with Gasteiger partial charge in [-0.15, -0.1) is 0 Å². The maximum Gasteiger partial charge on any atom is 0.417 e. The van der Waals surface area contributed by atoms with Gasteiger partial charge in [-0.1, -0.05) is 68.3 Å². The Morgan fingerprint density at radius 2 is 1.73 bits per heavy atom. The second-order valence-electron chi connectivity index (χ2n) is 6.69. The van der Waals surface area contributed by atoms with Crippen molar-refractivity contribution in [1.29, 1.82) is 0 Å². The molecule has 30 heavy (non-hydrogen) atoms. The Labute approximate surface area is 176 Å². The number of allylic oxidation sites excluding steroid dienone is 5. The number of alkyl halides is 3. The first-order valence-electron chi connectivity index (χ1n) is 9.84. The quantitative estimate of drug-likeness (QED) is 0.302. The van der Waals surface area contributed by atoms with E-state index < -0.39 is 11.7 Å². The monoisotopic (exact) mass is 410 g/mol. The first-order valence-corrected chi connectivity index (χ1v) is 9.84. The van der Waals surface area contributed by atoms with Crippen LogP contribution in [-0.4, -0.2) is 5.11 Å². The van der Waals surface area contributed by atoms with Gasteiger partial charge in [0, 0.05) is 5.56 Å². The van der Waals surface area contributed by atoms with E-state index in [-0.39, 0.29) is 11.3 Å². The van der Waals surface area contributed by atoms with Gasteiger partial charge in [-0.25, -0.2) is 0 Å². The lowest BCUT2D eigenvalue weighted by molar-refractivity contribution is -0.137. The molecule has 4 heteroatoms. The highest BCUT2D eigenvalue weighted by atomic mass is 19.4. The maximum absolute atomic E-state index is 13.5. The molecule has 0 aliphatic rings. The van der Waals surface area contributed by atoms with Crippen LogP contribution in [0.25, 0.3) is 17.2 Å². The van der Waals surface area contributed by atoms with E-state index in [1.807, 2.05) is 38.2 Å². The van der Waals surface area contributed by atoms with Gasteiger partial charge in [-0.05, 0) is 66.1 Å². The number of hydrogen-bond donors (Lipinski definition) is 1. The number of benzene rings is 2. The maximum atomic E-state index is 13.5. The highest BCUT2D eigenvalue weighted by Crippen LogP contribution is 2.39. The number of halogens is 3. The van der Waals surface area contributed by atoms with Crippen molar-refractivity contribution in [2.75, 3.05) is 0 Å². The molecule has 0 aliphatic carbocycles. The van der Waals surface area contributed by atoms with Gasteiger partial charge in [-0.2, -0.15) is 13.2 Å². The minimum atomic E-state index is -4.45. The molecule has 2 rings (SSSR count). The van der Waals surface area contributed by atoms with Crippen LogP contribution >= 0.6 is 0 Å². The van der Waals surface area contributed by atoms with E-state index in [0.717, 1.165) is 18.1 Å². The molecule has 156 valence electrons. The fourth-order valence-corrected chi connectivity index (χ4v) is 3.05. The fraction of sp³-hybridized carbons (Fsp3) is 0.231. The Hall–Kier alpha value is -3.19. The molecule has 0 atom stereocenters. The molecule has 0 amide bonds. The number of aliphatic hydroxyl groups excluding tert-OH is 1. The topological polar surface area (TPSA) is 20.2 Å². The second-order valence-corrected chi connectivity index (χ2v) is 6.69. The minimum absolute atomic E-state index is 0.0255. The van der Waals surface area contributed by atoms with Gasteiger partial charge in [0.05, 0.1) is 5.56 Å². The van der Waals surface area contributed by atoms with Gasteiger partial charge in [0.2, 0.25) is 0 Å². The molecule has 0 spiro atoms. The van der Waals surface area contributed by atoms with Crippen LogP contribution in [0.5, 0.6) is 0 Å². The second kappa shape index (κ2) is 10.5. The largest absolute Gasteiger partial charge is 0.501 e. The summed E-state index contributed by atoms with van der Waals surface area (Å²) in [4.78, 5) is 0. The summed E-state index contributed by atoms with van der Waals surface area (Å²) in [6.45, 7) is 5.70. The molecule has 1 nitrogen and oxygen atoms in total. The summed E-state index contributed by atoms with van der Waals surface area (Å²) in [5, 5.41) is 9.81. The van der Waals surface area contributed by atoms with Crippen molar-refractivity contribution in [3.63, 3.8) is 0 Å². The lowest BCUT2D eigenvalue weighted by atomic mass is 9.90. The van der Waals surface area contributed by atoms with E-state index in [0.29, 0.717) is 23.1 Å². The van der Waals surface area contributed by atoms with E-state index in [9.17, 15) is 18.3 Å². The molecule has 0 aliphatic heterocycles. The average molecular weight is 410 g/mol. The molecule has 0 bridgehead atoms. The van der Waals surface area contributed by atoms with Crippen molar-refractivity contribution >= 4 is 6.08 Å². The molecule has 0 fully saturated rings. The third-order valence-corrected chi connectivity index (χ3v) is 4.51. The van der Waals surface area contributed by atoms with Crippen LogP contribution in [-0.2, 0) is 6.18 Å². The van der Waals surface area contributed by atoms with Crippen LogP contribution in [0.2, 0.25) is 0 Å². The number of rotatable bonds is 5. The number of aliphatic hydroxyl groups is 1. The zero-order valence-electron chi connectivity index (χ0n) is 17.3. The SMILES string of the molecule is CC/C=C/C=C\c1c(C#C/C(O)=C\CC)ccc(-c2ccccc2C(F)(F)F)c1C. The molecule has 2 aromatic rings. The van der Waals surface area contributed by atoms with Crippen LogP contribution in [0, 0.1) is 18.8 Å². The Balaban J connectivity index is 2.68. The zero-order valence-corrected chi connectivity index (χ0v) is 17.3. The lowest BCUT2D eigenvalue weighted by Crippen LogP contribution is -2.07. The van der Waals surface area contributed by atoms with E-state index in [4.69, 9.17) is 0 Å². The van der Waals surface area contributed by atoms with Crippen molar-refractivity contribution in [3.8, 4) is 23.0 Å². The van der Waals surface area contributed by atoms with Gasteiger partial charge in [-0.3, -0.25) is 0 Å². The predicted octanol–water partition coefficient (Wildman–Crippen LogP) is 7.86. The van der Waals surface area contributed by atoms with Crippen molar-refractivity contribution < 1.29 is 18.3 Å². The summed E-state index contributed by atoms with van der Waals surface area (Å²) in [5.74, 6) is 5.61. The molecule has 2 aromatic carbocycles. The average Bonchev–Trinajstić information content (AvgIpc) is 2.70. The third kappa shape index (κ3) is 5.90. The summed E-state index contributed by atoms with van der Waals surface area (Å²) in [7, 11) is 0. The van der Waals surface area contributed by atoms with E-state index >= 15 is 0 Å². The molecular weight excluding hydrogens is 385 g/mol. The van der Waals surface area contributed by atoms with Crippen LogP contribution in [0.3, 0.4) is 0 Å². The zero-order chi connectivity index (χ0) is 22.1. The van der Waals surface area contributed by atoms with Crippen LogP contribution in [0.15, 0.2) is 66.5 Å². The van der Waals surface area contributed by atoms with Gasteiger partial charge < -0.3 is 5.11 Å². The third-order valence-electron chi connectivity index (χ3n) is 4.51. The normalized spacial score (nSPS) is 12.4. The highest BCUT2D eigenvalue weighted by molar-refractivity contribution is 5.78. The first-order chi connectivity index (χ1) is 14.3. The van der Waals surface area contributed by atoms with Gasteiger partial charge >= 0.3 is 6.18 Å². The van der Waals surface area contributed by atoms with Gasteiger partial charge in [0.1, 0.15) is 0 Å². The molecule has 0 heterocycles. The summed E-state index contributed by atoms with van der Waals surface area (Å²) < 4.78 is 40.6. The summed E-state index contributed by atoms with van der Waals surface area (Å²) in [6.07, 6.45) is 6.25. The van der Waals surface area contributed by atoms with Crippen LogP contribution < -0.4 is 0 Å². The van der Waals surface area contributed by atoms with E-state index in [1.165, 1.54) is 12.1 Å².